The summed E-state index contributed by atoms with van der Waals surface area (Å²) in [7, 11) is 0. The molecule has 1 aliphatic rings. The number of nitro groups is 1. The Morgan fingerprint density at radius 2 is 2.28 bits per heavy atom. The van der Waals surface area contributed by atoms with Gasteiger partial charge in [0.05, 0.1) is 22.2 Å². The van der Waals surface area contributed by atoms with Crippen LogP contribution in [0.15, 0.2) is 18.2 Å². The van der Waals surface area contributed by atoms with Crippen LogP contribution >= 0.6 is 0 Å². The number of nitriles is 1. The topological polar surface area (TPSA) is 90.4 Å². The van der Waals surface area contributed by atoms with Crippen molar-refractivity contribution >= 4 is 11.4 Å². The van der Waals surface area contributed by atoms with Gasteiger partial charge in [0.1, 0.15) is 5.69 Å². The summed E-state index contributed by atoms with van der Waals surface area (Å²) >= 11 is 0. The molecule has 94 valence electrons. The Labute approximate surface area is 104 Å². The Morgan fingerprint density at radius 3 is 2.78 bits per heavy atom. The molecule has 1 heterocycles. The summed E-state index contributed by atoms with van der Waals surface area (Å²) in [5.74, 6) is 0. The van der Waals surface area contributed by atoms with Crippen molar-refractivity contribution in [3.63, 3.8) is 0 Å². The second kappa shape index (κ2) is 4.27. The Balaban J connectivity index is 2.32. The molecule has 0 aromatic heterocycles. The molecule has 1 fully saturated rings. The maximum atomic E-state index is 10.9. The first kappa shape index (κ1) is 12.3. The van der Waals surface area contributed by atoms with E-state index in [1.165, 1.54) is 18.2 Å². The highest BCUT2D eigenvalue weighted by Crippen LogP contribution is 2.36. The lowest BCUT2D eigenvalue weighted by atomic mass is 9.90. The van der Waals surface area contributed by atoms with Gasteiger partial charge in [-0.3, -0.25) is 10.1 Å². The van der Waals surface area contributed by atoms with Crippen LogP contribution in [0.3, 0.4) is 0 Å². The average molecular weight is 247 g/mol. The number of hydrogen-bond donors (Lipinski definition) is 1. The number of aliphatic hydroxyl groups is 1. The van der Waals surface area contributed by atoms with E-state index in [0.29, 0.717) is 30.8 Å². The minimum atomic E-state index is -0.767. The van der Waals surface area contributed by atoms with Gasteiger partial charge in [0.15, 0.2) is 0 Å². The molecule has 0 unspecified atom stereocenters. The molecule has 6 nitrogen and oxygen atoms in total. The van der Waals surface area contributed by atoms with Crippen molar-refractivity contribution in [1.29, 1.82) is 5.26 Å². The van der Waals surface area contributed by atoms with Gasteiger partial charge in [0.2, 0.25) is 0 Å². The number of benzene rings is 1. The van der Waals surface area contributed by atoms with Crippen molar-refractivity contribution < 1.29 is 10.0 Å². The van der Waals surface area contributed by atoms with Crippen LogP contribution in [0.1, 0.15) is 18.9 Å². The molecule has 2 rings (SSSR count). The fourth-order valence-electron chi connectivity index (χ4n) is 2.06. The van der Waals surface area contributed by atoms with Crippen LogP contribution < -0.4 is 4.90 Å². The first-order chi connectivity index (χ1) is 8.49. The molecule has 1 aromatic carbocycles. The summed E-state index contributed by atoms with van der Waals surface area (Å²) in [6.45, 7) is 2.59. The van der Waals surface area contributed by atoms with Crippen LogP contribution in [0.4, 0.5) is 11.4 Å². The molecule has 0 atom stereocenters. The number of rotatable bonds is 3. The first-order valence-corrected chi connectivity index (χ1v) is 5.65. The number of nitrogens with zero attached hydrogens (tertiary/aromatic N) is 3. The highest BCUT2D eigenvalue weighted by molar-refractivity contribution is 5.67. The van der Waals surface area contributed by atoms with Gasteiger partial charge in [0.25, 0.3) is 5.69 Å². The zero-order chi connectivity index (χ0) is 13.3. The average Bonchev–Trinajstić information content (AvgIpc) is 2.34. The highest BCUT2D eigenvalue weighted by atomic mass is 16.6. The van der Waals surface area contributed by atoms with Gasteiger partial charge in [-0.15, -0.1) is 0 Å². The predicted molar refractivity (Wildman–Crippen MR) is 65.3 cm³/mol. The van der Waals surface area contributed by atoms with Gasteiger partial charge in [-0.05, 0) is 18.6 Å². The zero-order valence-electron chi connectivity index (χ0n) is 9.96. The summed E-state index contributed by atoms with van der Waals surface area (Å²) in [6, 6.07) is 6.21. The number of anilines is 1. The minimum absolute atomic E-state index is 0.0350. The van der Waals surface area contributed by atoms with Gasteiger partial charge in [0, 0.05) is 19.2 Å². The molecule has 18 heavy (non-hydrogen) atoms. The van der Waals surface area contributed by atoms with Gasteiger partial charge in [-0.2, -0.15) is 5.26 Å². The second-order valence-corrected chi connectivity index (χ2v) is 4.51. The molecule has 6 heteroatoms. The van der Waals surface area contributed by atoms with Crippen molar-refractivity contribution in [2.75, 3.05) is 18.0 Å². The third-order valence-corrected chi connectivity index (χ3v) is 3.27. The SMILES string of the molecule is CCC1(O)CN(c2cc(C#N)ccc2[N+](=O)[O-])C1. The first-order valence-electron chi connectivity index (χ1n) is 5.65. The molecule has 0 radical (unpaired) electrons. The van der Waals surface area contributed by atoms with E-state index in [9.17, 15) is 15.2 Å². The van der Waals surface area contributed by atoms with Gasteiger partial charge in [-0.1, -0.05) is 6.92 Å². The quantitative estimate of drug-likeness (QED) is 0.644. The normalized spacial score (nSPS) is 16.8. The summed E-state index contributed by atoms with van der Waals surface area (Å²) in [5, 5.41) is 29.7. The molecular weight excluding hydrogens is 234 g/mol. The van der Waals surface area contributed by atoms with Crippen LogP contribution in [0.5, 0.6) is 0 Å². The fraction of sp³-hybridized carbons (Fsp3) is 0.417. The van der Waals surface area contributed by atoms with Crippen molar-refractivity contribution in [2.24, 2.45) is 0 Å². The molecule has 1 aromatic rings. The number of hydrogen-bond acceptors (Lipinski definition) is 5. The molecule has 1 saturated heterocycles. The maximum Gasteiger partial charge on any atom is 0.292 e. The zero-order valence-corrected chi connectivity index (χ0v) is 9.96. The van der Waals surface area contributed by atoms with Crippen molar-refractivity contribution in [1.82, 2.24) is 0 Å². The van der Waals surface area contributed by atoms with Crippen LogP contribution in [-0.2, 0) is 0 Å². The molecule has 0 bridgehead atoms. The highest BCUT2D eigenvalue weighted by Gasteiger charge is 2.41. The van der Waals surface area contributed by atoms with Crippen LogP contribution in [0.2, 0.25) is 0 Å². The van der Waals surface area contributed by atoms with Crippen LogP contribution in [-0.4, -0.2) is 28.7 Å². The molecule has 0 saturated carbocycles. The molecule has 1 aliphatic heterocycles. The minimum Gasteiger partial charge on any atom is -0.386 e. The van der Waals surface area contributed by atoms with Gasteiger partial charge >= 0.3 is 0 Å². The van der Waals surface area contributed by atoms with Crippen molar-refractivity contribution in [3.8, 4) is 6.07 Å². The maximum absolute atomic E-state index is 10.9. The Hall–Kier alpha value is -2.13. The third-order valence-electron chi connectivity index (χ3n) is 3.27. The van der Waals surface area contributed by atoms with E-state index in [1.807, 2.05) is 13.0 Å². The second-order valence-electron chi connectivity index (χ2n) is 4.51. The van der Waals surface area contributed by atoms with E-state index in [1.54, 1.807) is 4.90 Å². The van der Waals surface area contributed by atoms with E-state index in [-0.39, 0.29) is 5.69 Å². The lowest BCUT2D eigenvalue weighted by Gasteiger charge is -2.47. The predicted octanol–water partition coefficient (Wildman–Crippen LogP) is 1.43. The molecule has 0 spiro atoms. The molecule has 1 N–H and O–H groups in total. The standard InChI is InChI=1S/C12H13N3O3/c1-2-12(16)7-14(8-12)11-5-9(6-13)3-4-10(11)15(17)18/h3-5,16H,2,7-8H2,1H3. The molecule has 0 aliphatic carbocycles. The van der Waals surface area contributed by atoms with Crippen LogP contribution in [0.25, 0.3) is 0 Å². The largest absolute Gasteiger partial charge is 0.386 e. The van der Waals surface area contributed by atoms with E-state index in [2.05, 4.69) is 0 Å². The molecule has 0 amide bonds. The van der Waals surface area contributed by atoms with Crippen molar-refractivity contribution in [2.45, 2.75) is 18.9 Å². The van der Waals surface area contributed by atoms with Gasteiger partial charge < -0.3 is 10.0 Å². The van der Waals surface area contributed by atoms with Crippen molar-refractivity contribution in [3.05, 3.63) is 33.9 Å². The summed E-state index contributed by atoms with van der Waals surface area (Å²) < 4.78 is 0. The molecular formula is C12H13N3O3. The summed E-state index contributed by atoms with van der Waals surface area (Å²) in [5.41, 5.74) is -0.0249. The third kappa shape index (κ3) is 2.00. The monoisotopic (exact) mass is 247 g/mol. The lowest BCUT2D eigenvalue weighted by molar-refractivity contribution is -0.384. The van der Waals surface area contributed by atoms with E-state index in [0.717, 1.165) is 0 Å². The van der Waals surface area contributed by atoms with E-state index < -0.39 is 10.5 Å². The Bertz CT molecular complexity index is 530. The van der Waals surface area contributed by atoms with Gasteiger partial charge in [-0.25, -0.2) is 0 Å². The summed E-state index contributed by atoms with van der Waals surface area (Å²) in [4.78, 5) is 12.2. The lowest BCUT2D eigenvalue weighted by Crippen LogP contribution is -2.61. The smallest absolute Gasteiger partial charge is 0.292 e. The van der Waals surface area contributed by atoms with Crippen LogP contribution in [0, 0.1) is 21.4 Å². The number of β-amino-alcohol motifs (C(OH)–C–C–N with tert-alkyl or cyclic N) is 1. The van der Waals surface area contributed by atoms with E-state index >= 15 is 0 Å². The summed E-state index contributed by atoms with van der Waals surface area (Å²) in [6.07, 6.45) is 0.606. The van der Waals surface area contributed by atoms with E-state index in [4.69, 9.17) is 5.26 Å². The number of nitro benzene ring substituents is 1. The fourth-order valence-corrected chi connectivity index (χ4v) is 2.06. The Kier molecular flexibility index (Phi) is 2.93. The Morgan fingerprint density at radius 1 is 1.61 bits per heavy atom.